The van der Waals surface area contributed by atoms with Crippen LogP contribution in [0.15, 0.2) is 48.6 Å². The van der Waals surface area contributed by atoms with Gasteiger partial charge in [0.15, 0.2) is 0 Å². The maximum Gasteiger partial charge on any atom is 0.305 e. The van der Waals surface area contributed by atoms with Gasteiger partial charge in [-0.15, -0.1) is 0 Å². The molecule has 0 aromatic heterocycles. The van der Waals surface area contributed by atoms with E-state index in [1.54, 1.807) is 0 Å². The predicted molar refractivity (Wildman–Crippen MR) is 103 cm³/mol. The standard InChI is InChI=1S/C21H34O4/c1-2-3-4-5-6-7-8-9-10-11-12-13-14-15-16-17-21(24)25-19-20(23)18-22/h3-10,20,22-23H,2,11-19H2,1H3/b4-3+,6-5+,8-7+,10-9+/t20-/m0/s1. The molecule has 0 heterocycles. The van der Waals surface area contributed by atoms with E-state index in [-0.39, 0.29) is 19.2 Å². The second kappa shape index (κ2) is 18.7. The largest absolute Gasteiger partial charge is 0.463 e. The molecule has 0 saturated carbocycles. The first-order chi connectivity index (χ1) is 12.2. The smallest absolute Gasteiger partial charge is 0.305 e. The highest BCUT2D eigenvalue weighted by atomic mass is 16.5. The van der Waals surface area contributed by atoms with Crippen molar-refractivity contribution in [2.75, 3.05) is 13.2 Å². The van der Waals surface area contributed by atoms with Crippen LogP contribution in [0.5, 0.6) is 0 Å². The molecule has 4 heteroatoms. The second-order valence-corrected chi connectivity index (χ2v) is 5.86. The minimum atomic E-state index is -0.972. The third kappa shape index (κ3) is 18.5. The minimum Gasteiger partial charge on any atom is -0.463 e. The lowest BCUT2D eigenvalue weighted by molar-refractivity contribution is -0.147. The third-order valence-corrected chi connectivity index (χ3v) is 3.46. The number of carbonyl (C=O) groups excluding carboxylic acids is 1. The van der Waals surface area contributed by atoms with Gasteiger partial charge in [-0.25, -0.2) is 0 Å². The number of rotatable bonds is 15. The topological polar surface area (TPSA) is 66.8 Å². The van der Waals surface area contributed by atoms with Crippen LogP contribution < -0.4 is 0 Å². The van der Waals surface area contributed by atoms with Gasteiger partial charge in [0.25, 0.3) is 0 Å². The number of aliphatic hydroxyl groups excluding tert-OH is 2. The summed E-state index contributed by atoms with van der Waals surface area (Å²) in [6.45, 7) is 1.61. The van der Waals surface area contributed by atoms with E-state index >= 15 is 0 Å². The normalized spacial score (nSPS) is 13.6. The van der Waals surface area contributed by atoms with Crippen molar-refractivity contribution in [2.24, 2.45) is 0 Å². The van der Waals surface area contributed by atoms with E-state index in [1.165, 1.54) is 0 Å². The molecule has 0 aliphatic heterocycles. The van der Waals surface area contributed by atoms with Crippen LogP contribution in [0.25, 0.3) is 0 Å². The maximum atomic E-state index is 11.4. The van der Waals surface area contributed by atoms with Crippen LogP contribution in [0, 0.1) is 0 Å². The van der Waals surface area contributed by atoms with Gasteiger partial charge in [0, 0.05) is 6.42 Å². The van der Waals surface area contributed by atoms with Gasteiger partial charge in [0.1, 0.15) is 12.7 Å². The number of unbranched alkanes of at least 4 members (excludes halogenated alkanes) is 5. The van der Waals surface area contributed by atoms with Crippen molar-refractivity contribution >= 4 is 5.97 Å². The average Bonchev–Trinajstić information content (AvgIpc) is 2.62. The molecule has 1 atom stereocenters. The van der Waals surface area contributed by atoms with E-state index in [2.05, 4.69) is 25.2 Å². The number of allylic oxidation sites excluding steroid dienone is 8. The Bertz CT molecular complexity index is 422. The van der Waals surface area contributed by atoms with Crippen molar-refractivity contribution in [3.8, 4) is 0 Å². The molecule has 0 saturated heterocycles. The van der Waals surface area contributed by atoms with Crippen LogP contribution in [-0.2, 0) is 9.53 Å². The Kier molecular flexibility index (Phi) is 17.5. The molecule has 2 N–H and O–H groups in total. The molecule has 0 amide bonds. The van der Waals surface area contributed by atoms with E-state index in [0.717, 1.165) is 44.9 Å². The number of aliphatic hydroxyl groups is 2. The summed E-state index contributed by atoms with van der Waals surface area (Å²) in [5.41, 5.74) is 0. The van der Waals surface area contributed by atoms with Crippen LogP contribution in [-0.4, -0.2) is 35.5 Å². The Hall–Kier alpha value is -1.65. The molecule has 0 fully saturated rings. The van der Waals surface area contributed by atoms with Gasteiger partial charge in [-0.1, -0.05) is 74.8 Å². The minimum absolute atomic E-state index is 0.124. The van der Waals surface area contributed by atoms with Crippen molar-refractivity contribution in [1.82, 2.24) is 0 Å². The van der Waals surface area contributed by atoms with Crippen molar-refractivity contribution in [1.29, 1.82) is 0 Å². The molecular weight excluding hydrogens is 316 g/mol. The summed E-state index contributed by atoms with van der Waals surface area (Å²) in [5, 5.41) is 17.7. The maximum absolute atomic E-state index is 11.4. The predicted octanol–water partition coefficient (Wildman–Crippen LogP) is 4.25. The number of ether oxygens (including phenoxy) is 1. The van der Waals surface area contributed by atoms with Gasteiger partial charge < -0.3 is 14.9 Å². The lowest BCUT2D eigenvalue weighted by atomic mass is 10.1. The SMILES string of the molecule is CC/C=C/C=C/C=C/C=C/CCCCCCCC(=O)OC[C@@H](O)CO. The highest BCUT2D eigenvalue weighted by Gasteiger charge is 2.07. The van der Waals surface area contributed by atoms with Crippen molar-refractivity contribution in [2.45, 2.75) is 64.4 Å². The zero-order chi connectivity index (χ0) is 18.6. The Morgan fingerprint density at radius 1 is 0.920 bits per heavy atom. The van der Waals surface area contributed by atoms with E-state index in [0.29, 0.717) is 6.42 Å². The number of hydrogen-bond acceptors (Lipinski definition) is 4. The molecule has 0 bridgehead atoms. The summed E-state index contributed by atoms with van der Waals surface area (Å²) in [6.07, 6.45) is 23.3. The first-order valence-electron chi connectivity index (χ1n) is 9.30. The summed E-state index contributed by atoms with van der Waals surface area (Å²) in [4.78, 5) is 11.4. The molecule has 142 valence electrons. The average molecular weight is 350 g/mol. The first-order valence-corrected chi connectivity index (χ1v) is 9.30. The zero-order valence-electron chi connectivity index (χ0n) is 15.5. The highest BCUT2D eigenvalue weighted by Crippen LogP contribution is 2.08. The molecule has 0 aromatic carbocycles. The molecule has 0 rings (SSSR count). The fourth-order valence-corrected chi connectivity index (χ4v) is 2.02. The van der Waals surface area contributed by atoms with Crippen LogP contribution in [0.1, 0.15) is 58.3 Å². The number of esters is 1. The summed E-state index contributed by atoms with van der Waals surface area (Å²) >= 11 is 0. The lowest BCUT2D eigenvalue weighted by Gasteiger charge is -2.08. The summed E-state index contributed by atoms with van der Waals surface area (Å²) < 4.78 is 4.84. The zero-order valence-corrected chi connectivity index (χ0v) is 15.5. The quantitative estimate of drug-likeness (QED) is 0.263. The Balaban J connectivity index is 3.42. The van der Waals surface area contributed by atoms with Gasteiger partial charge in [0.05, 0.1) is 6.61 Å². The molecule has 0 unspecified atom stereocenters. The Morgan fingerprint density at radius 3 is 2.20 bits per heavy atom. The van der Waals surface area contributed by atoms with E-state index in [9.17, 15) is 4.79 Å². The van der Waals surface area contributed by atoms with Gasteiger partial charge in [-0.3, -0.25) is 4.79 Å². The summed E-state index contributed by atoms with van der Waals surface area (Å²) in [7, 11) is 0. The molecule has 4 nitrogen and oxygen atoms in total. The molecule has 0 spiro atoms. The van der Waals surface area contributed by atoms with Crippen LogP contribution in [0.3, 0.4) is 0 Å². The van der Waals surface area contributed by atoms with E-state index in [1.807, 2.05) is 30.4 Å². The van der Waals surface area contributed by atoms with Gasteiger partial charge in [-0.05, 0) is 25.7 Å². The van der Waals surface area contributed by atoms with Crippen molar-refractivity contribution < 1.29 is 19.7 Å². The molecular formula is C21H34O4. The van der Waals surface area contributed by atoms with E-state index < -0.39 is 6.10 Å². The van der Waals surface area contributed by atoms with Crippen molar-refractivity contribution in [3.63, 3.8) is 0 Å². The second-order valence-electron chi connectivity index (χ2n) is 5.86. The van der Waals surface area contributed by atoms with Crippen molar-refractivity contribution in [3.05, 3.63) is 48.6 Å². The Labute approximate surface area is 152 Å². The van der Waals surface area contributed by atoms with E-state index in [4.69, 9.17) is 14.9 Å². The molecule has 0 aliphatic rings. The van der Waals surface area contributed by atoms with Crippen LogP contribution in [0.4, 0.5) is 0 Å². The lowest BCUT2D eigenvalue weighted by Crippen LogP contribution is -2.21. The fourth-order valence-electron chi connectivity index (χ4n) is 2.02. The number of carbonyl (C=O) groups is 1. The molecule has 0 radical (unpaired) electrons. The summed E-state index contributed by atoms with van der Waals surface area (Å²) in [6, 6.07) is 0. The molecule has 0 aromatic rings. The highest BCUT2D eigenvalue weighted by molar-refractivity contribution is 5.69. The van der Waals surface area contributed by atoms with Gasteiger partial charge >= 0.3 is 5.97 Å². The molecule has 0 aliphatic carbocycles. The van der Waals surface area contributed by atoms with Crippen LogP contribution in [0.2, 0.25) is 0 Å². The summed E-state index contributed by atoms with van der Waals surface area (Å²) in [5.74, 6) is -0.304. The fraction of sp³-hybridized carbons (Fsp3) is 0.571. The molecule has 25 heavy (non-hydrogen) atoms. The monoisotopic (exact) mass is 350 g/mol. The van der Waals surface area contributed by atoms with Crippen LogP contribution >= 0.6 is 0 Å². The van der Waals surface area contributed by atoms with Gasteiger partial charge in [0.2, 0.25) is 0 Å². The third-order valence-electron chi connectivity index (χ3n) is 3.46. The Morgan fingerprint density at radius 2 is 1.52 bits per heavy atom. The first kappa shape index (κ1) is 23.4. The van der Waals surface area contributed by atoms with Gasteiger partial charge in [-0.2, -0.15) is 0 Å². The number of hydrogen-bond donors (Lipinski definition) is 2.